The Bertz CT molecular complexity index is 237. The molecule has 0 aliphatic rings. The molecule has 0 radical (unpaired) electrons. The summed E-state index contributed by atoms with van der Waals surface area (Å²) < 4.78 is 0. The SMILES string of the molecule is C.CC.CCN=C(C)c1ccccc1. The second kappa shape index (κ2) is 9.97. The Morgan fingerprint density at radius 3 is 2.07 bits per heavy atom. The van der Waals surface area contributed by atoms with Crippen LogP contribution in [0.4, 0.5) is 0 Å². The first-order valence-electron chi connectivity index (χ1n) is 4.91. The lowest BCUT2D eigenvalue weighted by Gasteiger charge is -1.97. The molecule has 14 heavy (non-hydrogen) atoms. The lowest BCUT2D eigenvalue weighted by molar-refractivity contribution is 1.13. The molecule has 0 spiro atoms. The molecule has 1 rings (SSSR count). The Labute approximate surface area is 88.9 Å². The Morgan fingerprint density at radius 1 is 1.14 bits per heavy atom. The van der Waals surface area contributed by atoms with E-state index in [1.165, 1.54) is 5.56 Å². The molecule has 0 heterocycles. The summed E-state index contributed by atoms with van der Waals surface area (Å²) in [6, 6.07) is 10.2. The highest BCUT2D eigenvalue weighted by molar-refractivity contribution is 5.98. The van der Waals surface area contributed by atoms with Gasteiger partial charge in [-0.15, -0.1) is 0 Å². The van der Waals surface area contributed by atoms with Gasteiger partial charge in [0.25, 0.3) is 0 Å². The highest BCUT2D eigenvalue weighted by atomic mass is 14.7. The van der Waals surface area contributed by atoms with E-state index in [2.05, 4.69) is 17.1 Å². The fraction of sp³-hybridized carbons (Fsp3) is 0.462. The average Bonchev–Trinajstić information content (AvgIpc) is 2.23. The van der Waals surface area contributed by atoms with Gasteiger partial charge in [-0.1, -0.05) is 51.6 Å². The minimum Gasteiger partial charge on any atom is -0.290 e. The van der Waals surface area contributed by atoms with Crippen LogP contribution in [0.25, 0.3) is 0 Å². The molecule has 0 atom stereocenters. The van der Waals surface area contributed by atoms with E-state index in [4.69, 9.17) is 0 Å². The highest BCUT2D eigenvalue weighted by Gasteiger charge is 1.91. The monoisotopic (exact) mass is 193 g/mol. The number of benzene rings is 1. The van der Waals surface area contributed by atoms with Gasteiger partial charge in [-0.2, -0.15) is 0 Å². The van der Waals surface area contributed by atoms with Gasteiger partial charge in [0.2, 0.25) is 0 Å². The van der Waals surface area contributed by atoms with Crippen LogP contribution in [0.1, 0.15) is 40.7 Å². The lowest BCUT2D eigenvalue weighted by atomic mass is 10.1. The van der Waals surface area contributed by atoms with Crippen LogP contribution in [-0.4, -0.2) is 12.3 Å². The van der Waals surface area contributed by atoms with E-state index >= 15 is 0 Å². The van der Waals surface area contributed by atoms with Crippen molar-refractivity contribution < 1.29 is 0 Å². The summed E-state index contributed by atoms with van der Waals surface area (Å²) in [6.07, 6.45) is 0. The van der Waals surface area contributed by atoms with Crippen LogP contribution < -0.4 is 0 Å². The predicted molar refractivity (Wildman–Crippen MR) is 67.3 cm³/mol. The molecule has 0 fully saturated rings. The number of hydrogen-bond acceptors (Lipinski definition) is 1. The molecule has 1 aromatic rings. The van der Waals surface area contributed by atoms with E-state index in [0.29, 0.717) is 0 Å². The molecule has 1 heteroatoms. The van der Waals surface area contributed by atoms with Crippen molar-refractivity contribution in [2.75, 3.05) is 6.54 Å². The van der Waals surface area contributed by atoms with Crippen molar-refractivity contribution >= 4 is 5.71 Å². The van der Waals surface area contributed by atoms with E-state index in [1.807, 2.05) is 45.9 Å². The van der Waals surface area contributed by atoms with Crippen molar-refractivity contribution in [1.82, 2.24) is 0 Å². The molecule has 1 nitrogen and oxygen atoms in total. The minimum absolute atomic E-state index is 0. The van der Waals surface area contributed by atoms with Gasteiger partial charge in [0.1, 0.15) is 0 Å². The fourth-order valence-electron chi connectivity index (χ4n) is 1.01. The van der Waals surface area contributed by atoms with Crippen molar-refractivity contribution in [2.45, 2.75) is 35.1 Å². The zero-order chi connectivity index (χ0) is 10.1. The molecule has 0 saturated heterocycles. The van der Waals surface area contributed by atoms with E-state index in [-0.39, 0.29) is 7.43 Å². The first-order chi connectivity index (χ1) is 6.34. The molecule has 0 amide bonds. The predicted octanol–water partition coefficient (Wildman–Crippen LogP) is 4.18. The fourth-order valence-corrected chi connectivity index (χ4v) is 1.01. The van der Waals surface area contributed by atoms with Gasteiger partial charge in [-0.25, -0.2) is 0 Å². The van der Waals surface area contributed by atoms with Crippen molar-refractivity contribution in [3.8, 4) is 0 Å². The van der Waals surface area contributed by atoms with E-state index in [9.17, 15) is 0 Å². The van der Waals surface area contributed by atoms with E-state index in [1.54, 1.807) is 0 Å². The highest BCUT2D eigenvalue weighted by Crippen LogP contribution is 1.99. The molecule has 0 N–H and O–H groups in total. The van der Waals surface area contributed by atoms with Crippen LogP contribution in [0.15, 0.2) is 35.3 Å². The summed E-state index contributed by atoms with van der Waals surface area (Å²) in [5.41, 5.74) is 2.34. The van der Waals surface area contributed by atoms with Gasteiger partial charge in [0.15, 0.2) is 0 Å². The molecule has 0 saturated carbocycles. The third-order valence-corrected chi connectivity index (χ3v) is 1.59. The maximum atomic E-state index is 4.31. The van der Waals surface area contributed by atoms with E-state index in [0.717, 1.165) is 12.3 Å². The molecule has 0 unspecified atom stereocenters. The maximum Gasteiger partial charge on any atom is 0.0389 e. The van der Waals surface area contributed by atoms with Crippen molar-refractivity contribution in [3.05, 3.63) is 35.9 Å². The second-order valence-corrected chi connectivity index (χ2v) is 2.43. The van der Waals surface area contributed by atoms with Crippen molar-refractivity contribution in [1.29, 1.82) is 0 Å². The lowest BCUT2D eigenvalue weighted by Crippen LogP contribution is -1.93. The van der Waals surface area contributed by atoms with Gasteiger partial charge in [-0.3, -0.25) is 4.99 Å². The zero-order valence-electron chi connectivity index (χ0n) is 9.04. The Balaban J connectivity index is 0. The average molecular weight is 193 g/mol. The van der Waals surface area contributed by atoms with Gasteiger partial charge in [0, 0.05) is 12.3 Å². The first-order valence-corrected chi connectivity index (χ1v) is 4.91. The van der Waals surface area contributed by atoms with Crippen LogP contribution in [-0.2, 0) is 0 Å². The van der Waals surface area contributed by atoms with Crippen molar-refractivity contribution in [2.24, 2.45) is 4.99 Å². The first kappa shape index (κ1) is 15.4. The van der Waals surface area contributed by atoms with Crippen LogP contribution in [0.2, 0.25) is 0 Å². The van der Waals surface area contributed by atoms with Crippen LogP contribution >= 0.6 is 0 Å². The number of aliphatic imine (C=N–C) groups is 1. The summed E-state index contributed by atoms with van der Waals surface area (Å²) in [5.74, 6) is 0. The van der Waals surface area contributed by atoms with Gasteiger partial charge in [0.05, 0.1) is 0 Å². The summed E-state index contributed by atoms with van der Waals surface area (Å²) in [5, 5.41) is 0. The Morgan fingerprint density at radius 2 is 1.64 bits per heavy atom. The molecular formula is C13H23N. The smallest absolute Gasteiger partial charge is 0.0389 e. The summed E-state index contributed by atoms with van der Waals surface area (Å²) in [4.78, 5) is 4.31. The summed E-state index contributed by atoms with van der Waals surface area (Å²) in [7, 11) is 0. The number of hydrogen-bond donors (Lipinski definition) is 0. The zero-order valence-corrected chi connectivity index (χ0v) is 9.04. The molecule has 1 aromatic carbocycles. The standard InChI is InChI=1S/C10H13N.C2H6.CH4/c1-3-11-9(2)10-7-5-4-6-8-10;1-2;/h4-8H,3H2,1-2H3;1-2H3;1H4. The molecule has 0 aromatic heterocycles. The van der Waals surface area contributed by atoms with Crippen LogP contribution in [0, 0.1) is 0 Å². The maximum absolute atomic E-state index is 4.31. The number of nitrogens with zero attached hydrogens (tertiary/aromatic N) is 1. The van der Waals surface area contributed by atoms with Crippen LogP contribution in [0.3, 0.4) is 0 Å². The molecule has 0 bridgehead atoms. The molecular weight excluding hydrogens is 170 g/mol. The minimum atomic E-state index is 0. The second-order valence-electron chi connectivity index (χ2n) is 2.43. The van der Waals surface area contributed by atoms with E-state index < -0.39 is 0 Å². The van der Waals surface area contributed by atoms with Crippen LogP contribution in [0.5, 0.6) is 0 Å². The number of rotatable bonds is 2. The topological polar surface area (TPSA) is 12.4 Å². The third-order valence-electron chi connectivity index (χ3n) is 1.59. The Kier molecular flexibility index (Phi) is 10.9. The molecule has 80 valence electrons. The Hall–Kier alpha value is -1.11. The van der Waals surface area contributed by atoms with Gasteiger partial charge < -0.3 is 0 Å². The normalized spacial score (nSPS) is 9.57. The third kappa shape index (κ3) is 5.52. The molecule has 0 aliphatic carbocycles. The van der Waals surface area contributed by atoms with Crippen molar-refractivity contribution in [3.63, 3.8) is 0 Å². The van der Waals surface area contributed by atoms with Gasteiger partial charge >= 0.3 is 0 Å². The van der Waals surface area contributed by atoms with Gasteiger partial charge in [-0.05, 0) is 19.4 Å². The largest absolute Gasteiger partial charge is 0.290 e. The quantitative estimate of drug-likeness (QED) is 0.625. The molecule has 0 aliphatic heterocycles. The summed E-state index contributed by atoms with van der Waals surface area (Å²) >= 11 is 0. The summed E-state index contributed by atoms with van der Waals surface area (Å²) in [6.45, 7) is 8.95.